The Bertz CT molecular complexity index is 833. The van der Waals surface area contributed by atoms with E-state index in [4.69, 9.17) is 4.74 Å². The molecule has 1 heterocycles. The fourth-order valence-corrected chi connectivity index (χ4v) is 4.10. The van der Waals surface area contributed by atoms with Gasteiger partial charge in [-0.2, -0.15) is 0 Å². The molecule has 21 heavy (non-hydrogen) atoms. The highest BCUT2D eigenvalue weighted by Gasteiger charge is 2.28. The predicted octanol–water partition coefficient (Wildman–Crippen LogP) is 3.51. The van der Waals surface area contributed by atoms with E-state index in [2.05, 4.69) is 0 Å². The number of fused-ring (bicyclic) bond motifs is 1. The van der Waals surface area contributed by atoms with E-state index in [0.29, 0.717) is 10.5 Å². The fourth-order valence-electron chi connectivity index (χ4n) is 2.57. The summed E-state index contributed by atoms with van der Waals surface area (Å²) in [6.45, 7) is 4.16. The summed E-state index contributed by atoms with van der Waals surface area (Å²) in [5.74, 6) is 0.746. The minimum atomic E-state index is -3.33. The van der Waals surface area contributed by atoms with Gasteiger partial charge in [0, 0.05) is 16.5 Å². The van der Waals surface area contributed by atoms with Crippen molar-refractivity contribution in [2.75, 3.05) is 6.61 Å². The molecule has 2 aromatic rings. The summed E-state index contributed by atoms with van der Waals surface area (Å²) in [4.78, 5) is 0.380. The first-order valence-electron chi connectivity index (χ1n) is 6.72. The number of benzene rings is 2. The van der Waals surface area contributed by atoms with Crippen LogP contribution in [-0.2, 0) is 9.84 Å². The van der Waals surface area contributed by atoms with Gasteiger partial charge in [0.25, 0.3) is 0 Å². The molecule has 0 amide bonds. The Balaban J connectivity index is 1.91. The number of hydrogen-bond donors (Lipinski definition) is 0. The molecule has 0 radical (unpaired) electrons. The van der Waals surface area contributed by atoms with E-state index in [0.717, 1.165) is 22.4 Å². The first-order chi connectivity index (χ1) is 9.97. The molecule has 0 saturated carbocycles. The molecule has 0 atom stereocenters. The minimum Gasteiger partial charge on any atom is -0.489 e. The number of hydrogen-bond acceptors (Lipinski definition) is 3. The van der Waals surface area contributed by atoms with Crippen LogP contribution in [0.2, 0.25) is 0 Å². The van der Waals surface area contributed by atoms with Gasteiger partial charge in [-0.3, -0.25) is 0 Å². The lowest BCUT2D eigenvalue weighted by molar-refractivity contribution is 0.369. The van der Waals surface area contributed by atoms with E-state index in [9.17, 15) is 8.42 Å². The molecule has 4 heteroatoms. The molecule has 0 saturated heterocycles. The third-order valence-electron chi connectivity index (χ3n) is 3.54. The molecular formula is C17H16O3S. The van der Waals surface area contributed by atoms with Crippen molar-refractivity contribution in [3.8, 4) is 5.75 Å². The third-order valence-corrected chi connectivity index (χ3v) is 5.09. The van der Waals surface area contributed by atoms with E-state index in [1.165, 1.54) is 5.41 Å². The van der Waals surface area contributed by atoms with Crippen LogP contribution >= 0.6 is 0 Å². The lowest BCUT2D eigenvalue weighted by Crippen LogP contribution is -2.01. The topological polar surface area (TPSA) is 43.4 Å². The highest BCUT2D eigenvalue weighted by atomic mass is 32.2. The van der Waals surface area contributed by atoms with Crippen molar-refractivity contribution >= 4 is 15.4 Å². The van der Waals surface area contributed by atoms with Gasteiger partial charge in [-0.05, 0) is 43.2 Å². The molecule has 0 aromatic heterocycles. The van der Waals surface area contributed by atoms with Gasteiger partial charge in [0.05, 0.1) is 4.90 Å². The normalized spacial score (nSPS) is 15.4. The molecule has 1 aliphatic heterocycles. The zero-order valence-electron chi connectivity index (χ0n) is 12.0. The highest BCUT2D eigenvalue weighted by molar-refractivity contribution is 7.95. The van der Waals surface area contributed by atoms with Crippen LogP contribution < -0.4 is 4.74 Å². The summed E-state index contributed by atoms with van der Waals surface area (Å²) in [5.41, 5.74) is 3.56. The Morgan fingerprint density at radius 2 is 1.81 bits per heavy atom. The van der Waals surface area contributed by atoms with Gasteiger partial charge < -0.3 is 4.74 Å². The summed E-state index contributed by atoms with van der Waals surface area (Å²) in [6.07, 6.45) is 0. The molecule has 3 nitrogen and oxygen atoms in total. The Labute approximate surface area is 124 Å². The Morgan fingerprint density at radius 3 is 2.57 bits per heavy atom. The monoisotopic (exact) mass is 300 g/mol. The second-order valence-corrected chi connectivity index (χ2v) is 7.01. The maximum Gasteiger partial charge on any atom is 0.200 e. The number of ether oxygens (including phenoxy) is 1. The number of sulfone groups is 1. The van der Waals surface area contributed by atoms with E-state index in [-0.39, 0.29) is 6.61 Å². The molecule has 0 spiro atoms. The van der Waals surface area contributed by atoms with Gasteiger partial charge in [0.15, 0.2) is 0 Å². The van der Waals surface area contributed by atoms with E-state index in [1.807, 2.05) is 44.2 Å². The average molecular weight is 300 g/mol. The Kier molecular flexibility index (Phi) is 3.33. The molecular weight excluding hydrogens is 284 g/mol. The van der Waals surface area contributed by atoms with Gasteiger partial charge >= 0.3 is 0 Å². The van der Waals surface area contributed by atoms with Gasteiger partial charge in [0.1, 0.15) is 12.4 Å². The van der Waals surface area contributed by atoms with Crippen LogP contribution in [0.3, 0.4) is 0 Å². The summed E-state index contributed by atoms with van der Waals surface area (Å²) < 4.78 is 30.0. The first kappa shape index (κ1) is 13.9. The van der Waals surface area contributed by atoms with Crippen LogP contribution in [0.15, 0.2) is 52.8 Å². The molecule has 3 rings (SSSR count). The Morgan fingerprint density at radius 1 is 1.05 bits per heavy atom. The summed E-state index contributed by atoms with van der Waals surface area (Å²) in [5, 5.41) is 1.32. The molecule has 0 N–H and O–H groups in total. The van der Waals surface area contributed by atoms with Gasteiger partial charge in [-0.1, -0.05) is 24.3 Å². The maximum atomic E-state index is 12.1. The van der Waals surface area contributed by atoms with E-state index < -0.39 is 9.84 Å². The second-order valence-electron chi connectivity index (χ2n) is 5.24. The van der Waals surface area contributed by atoms with Crippen LogP contribution in [0, 0.1) is 13.8 Å². The number of rotatable bonds is 3. The van der Waals surface area contributed by atoms with Gasteiger partial charge in [-0.25, -0.2) is 8.42 Å². The zero-order valence-corrected chi connectivity index (χ0v) is 12.8. The number of aryl methyl sites for hydroxylation is 2. The molecule has 0 unspecified atom stereocenters. The zero-order chi connectivity index (χ0) is 15.0. The van der Waals surface area contributed by atoms with Crippen LogP contribution in [-0.4, -0.2) is 15.0 Å². The van der Waals surface area contributed by atoms with Crippen molar-refractivity contribution < 1.29 is 13.2 Å². The van der Waals surface area contributed by atoms with Crippen LogP contribution in [0.25, 0.3) is 5.57 Å². The van der Waals surface area contributed by atoms with Crippen molar-refractivity contribution in [1.29, 1.82) is 0 Å². The molecule has 0 fully saturated rings. The standard InChI is InChI=1S/C17H16O3S/c1-12-5-3-7-15(9-12)20-10-14-11-21(18,19)16-8-4-6-13(2)17(14)16/h3-9,11H,10H2,1-2H3. The smallest absolute Gasteiger partial charge is 0.200 e. The van der Waals surface area contributed by atoms with Crippen LogP contribution in [0.5, 0.6) is 5.75 Å². The quantitative estimate of drug-likeness (QED) is 0.871. The lowest BCUT2D eigenvalue weighted by atomic mass is 10.0. The van der Waals surface area contributed by atoms with E-state index in [1.54, 1.807) is 12.1 Å². The predicted molar refractivity (Wildman–Crippen MR) is 83.0 cm³/mol. The van der Waals surface area contributed by atoms with Crippen molar-refractivity contribution in [3.63, 3.8) is 0 Å². The molecule has 1 aliphatic rings. The molecule has 108 valence electrons. The maximum absolute atomic E-state index is 12.1. The SMILES string of the molecule is Cc1cccc(OCC2=CS(=O)(=O)c3cccc(C)c32)c1. The summed E-state index contributed by atoms with van der Waals surface area (Å²) in [6, 6.07) is 13.0. The van der Waals surface area contributed by atoms with E-state index >= 15 is 0 Å². The van der Waals surface area contributed by atoms with Gasteiger partial charge in [0.2, 0.25) is 9.84 Å². The lowest BCUT2D eigenvalue weighted by Gasteiger charge is -2.10. The van der Waals surface area contributed by atoms with Gasteiger partial charge in [-0.15, -0.1) is 0 Å². The van der Waals surface area contributed by atoms with Crippen LogP contribution in [0.4, 0.5) is 0 Å². The van der Waals surface area contributed by atoms with Crippen molar-refractivity contribution in [3.05, 3.63) is 64.6 Å². The first-order valence-corrected chi connectivity index (χ1v) is 8.27. The molecule has 0 aliphatic carbocycles. The minimum absolute atomic E-state index is 0.251. The Hall–Kier alpha value is -2.07. The summed E-state index contributed by atoms with van der Waals surface area (Å²) >= 11 is 0. The molecule has 2 aromatic carbocycles. The second kappa shape index (κ2) is 5.04. The van der Waals surface area contributed by atoms with Crippen molar-refractivity contribution in [1.82, 2.24) is 0 Å². The fraction of sp³-hybridized carbons (Fsp3) is 0.176. The largest absolute Gasteiger partial charge is 0.489 e. The van der Waals surface area contributed by atoms with Crippen LogP contribution in [0.1, 0.15) is 16.7 Å². The average Bonchev–Trinajstić information content (AvgIpc) is 2.69. The van der Waals surface area contributed by atoms with Crippen molar-refractivity contribution in [2.24, 2.45) is 0 Å². The third kappa shape index (κ3) is 2.59. The molecule has 0 bridgehead atoms. The van der Waals surface area contributed by atoms with Crippen molar-refractivity contribution in [2.45, 2.75) is 18.7 Å². The summed E-state index contributed by atoms with van der Waals surface area (Å²) in [7, 11) is -3.33. The highest BCUT2D eigenvalue weighted by Crippen LogP contribution is 2.35.